The van der Waals surface area contributed by atoms with E-state index < -0.39 is 10.7 Å². The van der Waals surface area contributed by atoms with Crippen molar-refractivity contribution in [1.82, 2.24) is 0 Å². The van der Waals surface area contributed by atoms with Crippen LogP contribution in [-0.2, 0) is 9.59 Å². The molecule has 4 aliphatic carbocycles. The fourth-order valence-corrected chi connectivity index (χ4v) is 6.13. The smallest absolute Gasteiger partial charge is 0.280 e. The first-order valence-electron chi connectivity index (χ1n) is 9.49. The summed E-state index contributed by atoms with van der Waals surface area (Å²) in [6.07, 6.45) is 3.17. The third-order valence-corrected chi connectivity index (χ3v) is 7.28. The van der Waals surface area contributed by atoms with Gasteiger partial charge in [0.1, 0.15) is 0 Å². The number of nitro groups is 1. The highest BCUT2D eigenvalue weighted by Crippen LogP contribution is 2.68. The summed E-state index contributed by atoms with van der Waals surface area (Å²) in [6, 6.07) is 2.65. The molecule has 1 aliphatic heterocycles. The second-order valence-corrected chi connectivity index (χ2v) is 8.50. The lowest BCUT2D eigenvalue weighted by molar-refractivity contribution is -0.385. The van der Waals surface area contributed by atoms with Crippen LogP contribution >= 0.6 is 0 Å². The number of Topliss-reactive ketones (excluding diaryl/α,β-unsaturated/α-hetero) is 1. The van der Waals surface area contributed by atoms with Crippen LogP contribution in [0.2, 0.25) is 0 Å². The predicted octanol–water partition coefficient (Wildman–Crippen LogP) is 2.89. The molecule has 140 valence electrons. The van der Waals surface area contributed by atoms with Gasteiger partial charge in [0.25, 0.3) is 5.69 Å². The van der Waals surface area contributed by atoms with Gasteiger partial charge in [-0.2, -0.15) is 0 Å². The number of hydrogen-bond acceptors (Lipinski definition) is 5. The number of benzene rings is 1. The van der Waals surface area contributed by atoms with Crippen LogP contribution in [0, 0.1) is 52.5 Å². The van der Waals surface area contributed by atoms with Crippen molar-refractivity contribution in [2.45, 2.75) is 33.1 Å². The van der Waals surface area contributed by atoms with Crippen molar-refractivity contribution in [3.05, 3.63) is 33.4 Å². The zero-order valence-electron chi connectivity index (χ0n) is 15.2. The summed E-state index contributed by atoms with van der Waals surface area (Å²) >= 11 is 0. The number of fused-ring (bicyclic) bond motifs is 1. The first-order chi connectivity index (χ1) is 12.8. The summed E-state index contributed by atoms with van der Waals surface area (Å²) in [6.45, 7) is 2.89. The van der Waals surface area contributed by atoms with Crippen LogP contribution in [0.1, 0.15) is 42.1 Å². The van der Waals surface area contributed by atoms with E-state index in [4.69, 9.17) is 0 Å². The van der Waals surface area contributed by atoms with Crippen LogP contribution < -0.4 is 4.90 Å². The molecule has 7 heteroatoms. The van der Waals surface area contributed by atoms with E-state index in [-0.39, 0.29) is 46.7 Å². The molecule has 1 saturated heterocycles. The molecule has 1 heterocycles. The van der Waals surface area contributed by atoms with Crippen molar-refractivity contribution in [2.24, 2.45) is 35.5 Å². The standard InChI is InChI=1S/C20H20N2O5/c1-8-5-16(22(26)27)12(9(2)23)7-15(8)21-19(24)17-10-3-4-11(14-6-13(10)14)18(17)20(21)25/h5,7,10-11,13-14,17-18H,3-4,6H2,1-2H3/t10-,11+,13+,14-,17-,18+. The van der Waals surface area contributed by atoms with E-state index in [0.717, 1.165) is 19.3 Å². The minimum absolute atomic E-state index is 0.0677. The Kier molecular flexibility index (Phi) is 3.22. The number of imide groups is 1. The van der Waals surface area contributed by atoms with Gasteiger partial charge in [0.15, 0.2) is 5.78 Å². The van der Waals surface area contributed by atoms with Gasteiger partial charge < -0.3 is 0 Å². The Balaban J connectivity index is 1.61. The zero-order chi connectivity index (χ0) is 19.2. The molecular formula is C20H20N2O5. The maximum Gasteiger partial charge on any atom is 0.280 e. The Hall–Kier alpha value is -2.57. The van der Waals surface area contributed by atoms with Crippen LogP contribution in [0.5, 0.6) is 0 Å². The summed E-state index contributed by atoms with van der Waals surface area (Å²) in [4.78, 5) is 50.3. The number of amides is 2. The zero-order valence-corrected chi connectivity index (χ0v) is 15.2. The largest absolute Gasteiger partial charge is 0.294 e. The molecule has 7 nitrogen and oxygen atoms in total. The van der Waals surface area contributed by atoms with Gasteiger partial charge in [0.05, 0.1) is 28.0 Å². The minimum Gasteiger partial charge on any atom is -0.294 e. The normalized spacial score (nSPS) is 35.9. The van der Waals surface area contributed by atoms with Gasteiger partial charge in [0.2, 0.25) is 11.8 Å². The number of anilines is 1. The molecule has 6 atom stereocenters. The van der Waals surface area contributed by atoms with Crippen molar-refractivity contribution in [1.29, 1.82) is 0 Å². The number of aryl methyl sites for hydroxylation is 1. The third kappa shape index (κ3) is 2.05. The molecule has 0 spiro atoms. The van der Waals surface area contributed by atoms with Crippen molar-refractivity contribution >= 4 is 29.0 Å². The minimum atomic E-state index is -0.603. The van der Waals surface area contributed by atoms with Crippen molar-refractivity contribution in [2.75, 3.05) is 4.90 Å². The van der Waals surface area contributed by atoms with Gasteiger partial charge >= 0.3 is 0 Å². The summed E-state index contributed by atoms with van der Waals surface area (Å²) in [5.41, 5.74) is 0.427. The molecule has 2 bridgehead atoms. The van der Waals surface area contributed by atoms with Crippen LogP contribution in [0.25, 0.3) is 0 Å². The van der Waals surface area contributed by atoms with E-state index in [0.29, 0.717) is 23.1 Å². The topological polar surface area (TPSA) is 97.6 Å². The molecule has 0 unspecified atom stereocenters. The van der Waals surface area contributed by atoms with Gasteiger partial charge in [-0.05, 0) is 68.4 Å². The van der Waals surface area contributed by atoms with E-state index in [2.05, 4.69) is 0 Å². The lowest BCUT2D eigenvalue weighted by Crippen LogP contribution is -2.43. The maximum absolute atomic E-state index is 13.2. The molecule has 5 fully saturated rings. The first kappa shape index (κ1) is 16.6. The Bertz CT molecular complexity index is 905. The fraction of sp³-hybridized carbons (Fsp3) is 0.550. The van der Waals surface area contributed by atoms with Crippen molar-refractivity contribution in [3.8, 4) is 0 Å². The highest BCUT2D eigenvalue weighted by Gasteiger charge is 2.68. The highest BCUT2D eigenvalue weighted by molar-refractivity contribution is 6.23. The van der Waals surface area contributed by atoms with Crippen LogP contribution in [-0.4, -0.2) is 22.5 Å². The average Bonchev–Trinajstić information content (AvgIpc) is 3.39. The van der Waals surface area contributed by atoms with Gasteiger partial charge in [-0.15, -0.1) is 0 Å². The summed E-state index contributed by atoms with van der Waals surface area (Å²) < 4.78 is 0. The third-order valence-electron chi connectivity index (χ3n) is 7.28. The molecule has 0 radical (unpaired) electrons. The Labute approximate surface area is 155 Å². The molecule has 0 N–H and O–H groups in total. The molecule has 1 aromatic carbocycles. The molecule has 27 heavy (non-hydrogen) atoms. The van der Waals surface area contributed by atoms with Crippen molar-refractivity contribution in [3.63, 3.8) is 0 Å². The van der Waals surface area contributed by atoms with Gasteiger partial charge in [0, 0.05) is 6.07 Å². The number of carbonyl (C=O) groups excluding carboxylic acids is 3. The summed E-state index contributed by atoms with van der Waals surface area (Å²) in [5, 5.41) is 11.3. The molecule has 1 aromatic rings. The lowest BCUT2D eigenvalue weighted by atomic mass is 9.59. The van der Waals surface area contributed by atoms with Gasteiger partial charge in [-0.1, -0.05) is 0 Å². The quantitative estimate of drug-likeness (QED) is 0.354. The second kappa shape index (κ2) is 5.24. The van der Waals surface area contributed by atoms with E-state index in [1.165, 1.54) is 24.0 Å². The Morgan fingerprint density at radius 3 is 2.11 bits per heavy atom. The fourth-order valence-electron chi connectivity index (χ4n) is 6.13. The van der Waals surface area contributed by atoms with Crippen molar-refractivity contribution < 1.29 is 19.3 Å². The van der Waals surface area contributed by atoms with Gasteiger partial charge in [-0.3, -0.25) is 24.5 Å². The summed E-state index contributed by atoms with van der Waals surface area (Å²) in [7, 11) is 0. The van der Waals surface area contributed by atoms with E-state index >= 15 is 0 Å². The van der Waals surface area contributed by atoms with Crippen LogP contribution in [0.4, 0.5) is 11.4 Å². The maximum atomic E-state index is 13.2. The average molecular weight is 368 g/mol. The molecule has 5 aliphatic rings. The first-order valence-corrected chi connectivity index (χ1v) is 9.49. The number of carbonyl (C=O) groups is 3. The lowest BCUT2D eigenvalue weighted by Gasteiger charge is -2.42. The molecule has 0 aromatic heterocycles. The van der Waals surface area contributed by atoms with E-state index in [1.807, 2.05) is 0 Å². The molecule has 6 rings (SSSR count). The van der Waals surface area contributed by atoms with E-state index in [1.54, 1.807) is 6.92 Å². The van der Waals surface area contributed by atoms with E-state index in [9.17, 15) is 24.5 Å². The second-order valence-electron chi connectivity index (χ2n) is 8.50. The monoisotopic (exact) mass is 368 g/mol. The molecule has 2 amide bonds. The molecular weight excluding hydrogens is 348 g/mol. The number of nitro benzene ring substituents is 1. The molecule has 4 saturated carbocycles. The Morgan fingerprint density at radius 2 is 1.63 bits per heavy atom. The number of rotatable bonds is 3. The van der Waals surface area contributed by atoms with Gasteiger partial charge in [-0.25, -0.2) is 4.90 Å². The number of nitrogens with zero attached hydrogens (tertiary/aromatic N) is 2. The summed E-state index contributed by atoms with van der Waals surface area (Å²) in [5.74, 6) is 0.425. The highest BCUT2D eigenvalue weighted by atomic mass is 16.6. The van der Waals surface area contributed by atoms with Crippen LogP contribution in [0.15, 0.2) is 12.1 Å². The van der Waals surface area contributed by atoms with Crippen LogP contribution in [0.3, 0.4) is 0 Å². The number of ketones is 1. The predicted molar refractivity (Wildman–Crippen MR) is 95.1 cm³/mol. The number of hydrogen-bond donors (Lipinski definition) is 0. The Morgan fingerprint density at radius 1 is 1.07 bits per heavy atom. The SMILES string of the molecule is CC(=O)c1cc(N2C(=O)[C@@H]3[C@@H]4CC[C@@H]([C@H]5C[C@H]54)[C@@H]3C2=O)c(C)cc1[N+](=O)[O-].